The highest BCUT2D eigenvalue weighted by Crippen LogP contribution is 2.15. The summed E-state index contributed by atoms with van der Waals surface area (Å²) >= 11 is 0. The molecule has 110 valence electrons. The van der Waals surface area contributed by atoms with Crippen molar-refractivity contribution in [2.45, 2.75) is 39.7 Å². The van der Waals surface area contributed by atoms with E-state index in [9.17, 15) is 9.59 Å². The van der Waals surface area contributed by atoms with Crippen LogP contribution in [0.2, 0.25) is 0 Å². The first-order valence-corrected chi connectivity index (χ1v) is 6.58. The minimum atomic E-state index is -0.993. The molecule has 3 N–H and O–H groups in total. The van der Waals surface area contributed by atoms with Gasteiger partial charge in [-0.05, 0) is 45.4 Å². The van der Waals surface area contributed by atoms with E-state index in [4.69, 9.17) is 5.11 Å². The van der Waals surface area contributed by atoms with Gasteiger partial charge in [0.2, 0.25) is 5.91 Å². The summed E-state index contributed by atoms with van der Waals surface area (Å²) in [6.07, 6.45) is 0.341. The van der Waals surface area contributed by atoms with Gasteiger partial charge in [-0.2, -0.15) is 0 Å². The molecule has 1 aromatic carbocycles. The smallest absolute Gasteiger partial charge is 0.336 e. The average Bonchev–Trinajstić information content (AvgIpc) is 2.29. The molecule has 5 nitrogen and oxygen atoms in total. The van der Waals surface area contributed by atoms with Crippen LogP contribution in [0.1, 0.15) is 43.1 Å². The maximum absolute atomic E-state index is 11.8. The Balaban J connectivity index is 2.58. The van der Waals surface area contributed by atoms with Gasteiger partial charge in [0, 0.05) is 24.2 Å². The maximum Gasteiger partial charge on any atom is 0.336 e. The van der Waals surface area contributed by atoms with Gasteiger partial charge >= 0.3 is 5.97 Å². The highest BCUT2D eigenvalue weighted by atomic mass is 16.4. The number of hydrogen-bond donors (Lipinski definition) is 3. The van der Waals surface area contributed by atoms with E-state index in [1.54, 1.807) is 19.1 Å². The van der Waals surface area contributed by atoms with Gasteiger partial charge in [-0.25, -0.2) is 4.79 Å². The number of hydrogen-bond acceptors (Lipinski definition) is 3. The molecule has 0 unspecified atom stereocenters. The molecule has 0 aromatic heterocycles. The van der Waals surface area contributed by atoms with E-state index in [0.29, 0.717) is 24.2 Å². The number of carboxylic acids is 1. The molecule has 0 radical (unpaired) electrons. The van der Waals surface area contributed by atoms with E-state index in [2.05, 4.69) is 10.6 Å². The number of carbonyl (C=O) groups is 2. The van der Waals surface area contributed by atoms with Gasteiger partial charge in [-0.3, -0.25) is 4.79 Å². The number of aryl methyl sites for hydroxylation is 1. The SMILES string of the molecule is Cc1ccc(NC(=O)CCNC(C)(C)C)cc1C(=O)O. The number of nitrogens with one attached hydrogen (secondary N) is 2. The molecule has 5 heteroatoms. The Labute approximate surface area is 119 Å². The van der Waals surface area contributed by atoms with Crippen molar-refractivity contribution >= 4 is 17.6 Å². The number of anilines is 1. The molecule has 0 aliphatic heterocycles. The van der Waals surface area contributed by atoms with E-state index in [1.807, 2.05) is 20.8 Å². The van der Waals surface area contributed by atoms with Crippen molar-refractivity contribution in [3.05, 3.63) is 29.3 Å². The van der Waals surface area contributed by atoms with Crippen molar-refractivity contribution in [3.8, 4) is 0 Å². The van der Waals surface area contributed by atoms with E-state index in [0.717, 1.165) is 0 Å². The second-order valence-electron chi connectivity index (χ2n) is 5.81. The molecular formula is C15H22N2O3. The van der Waals surface area contributed by atoms with E-state index < -0.39 is 5.97 Å². The van der Waals surface area contributed by atoms with E-state index in [1.165, 1.54) is 6.07 Å². The molecule has 0 bridgehead atoms. The van der Waals surface area contributed by atoms with Crippen LogP contribution < -0.4 is 10.6 Å². The average molecular weight is 278 g/mol. The van der Waals surface area contributed by atoms with Gasteiger partial charge in [0.15, 0.2) is 0 Å². The van der Waals surface area contributed by atoms with Crippen LogP contribution in [0, 0.1) is 6.92 Å². The van der Waals surface area contributed by atoms with Crippen LogP contribution in [-0.4, -0.2) is 29.1 Å². The van der Waals surface area contributed by atoms with Crippen LogP contribution in [0.4, 0.5) is 5.69 Å². The first kappa shape index (κ1) is 16.2. The summed E-state index contributed by atoms with van der Waals surface area (Å²) in [6.45, 7) is 8.40. The molecule has 1 amide bonds. The summed E-state index contributed by atoms with van der Waals surface area (Å²) in [6, 6.07) is 4.87. The quantitative estimate of drug-likeness (QED) is 0.773. The minimum absolute atomic E-state index is 0.0272. The fourth-order valence-electron chi connectivity index (χ4n) is 1.70. The first-order chi connectivity index (χ1) is 9.19. The lowest BCUT2D eigenvalue weighted by atomic mass is 10.1. The monoisotopic (exact) mass is 278 g/mol. The van der Waals surface area contributed by atoms with Crippen LogP contribution in [0.5, 0.6) is 0 Å². The van der Waals surface area contributed by atoms with Gasteiger partial charge in [-0.15, -0.1) is 0 Å². The van der Waals surface area contributed by atoms with Gasteiger partial charge in [0.25, 0.3) is 0 Å². The van der Waals surface area contributed by atoms with Crippen LogP contribution >= 0.6 is 0 Å². The molecule has 0 atom stereocenters. The zero-order valence-corrected chi connectivity index (χ0v) is 12.4. The Bertz CT molecular complexity index is 504. The van der Waals surface area contributed by atoms with Crippen LogP contribution in [0.15, 0.2) is 18.2 Å². The van der Waals surface area contributed by atoms with Crippen LogP contribution in [0.25, 0.3) is 0 Å². The minimum Gasteiger partial charge on any atom is -0.478 e. The Morgan fingerprint density at radius 3 is 2.45 bits per heavy atom. The molecule has 0 heterocycles. The van der Waals surface area contributed by atoms with Crippen molar-refractivity contribution in [3.63, 3.8) is 0 Å². The Kier molecular flexibility index (Phi) is 5.27. The summed E-state index contributed by atoms with van der Waals surface area (Å²) in [5.41, 5.74) is 1.36. The van der Waals surface area contributed by atoms with Crippen molar-refractivity contribution in [1.29, 1.82) is 0 Å². The standard InChI is InChI=1S/C15H22N2O3/c1-10-5-6-11(9-12(10)14(19)20)17-13(18)7-8-16-15(2,3)4/h5-6,9,16H,7-8H2,1-4H3,(H,17,18)(H,19,20). The highest BCUT2D eigenvalue weighted by Gasteiger charge is 2.11. The lowest BCUT2D eigenvalue weighted by molar-refractivity contribution is -0.116. The van der Waals surface area contributed by atoms with Crippen LogP contribution in [0.3, 0.4) is 0 Å². The molecular weight excluding hydrogens is 256 g/mol. The Hall–Kier alpha value is -1.88. The lowest BCUT2D eigenvalue weighted by Gasteiger charge is -2.20. The normalized spacial score (nSPS) is 11.2. The molecule has 0 saturated heterocycles. The molecule has 0 spiro atoms. The summed E-state index contributed by atoms with van der Waals surface area (Å²) < 4.78 is 0. The predicted octanol–water partition coefficient (Wildman–Crippen LogP) is 2.41. The topological polar surface area (TPSA) is 78.4 Å². The Morgan fingerprint density at radius 1 is 1.25 bits per heavy atom. The number of carbonyl (C=O) groups excluding carboxylic acids is 1. The third-order valence-electron chi connectivity index (χ3n) is 2.76. The van der Waals surface area contributed by atoms with Crippen LogP contribution in [-0.2, 0) is 4.79 Å². The van der Waals surface area contributed by atoms with E-state index >= 15 is 0 Å². The zero-order valence-electron chi connectivity index (χ0n) is 12.4. The predicted molar refractivity (Wildman–Crippen MR) is 79.1 cm³/mol. The molecule has 0 fully saturated rings. The summed E-state index contributed by atoms with van der Waals surface area (Å²) in [4.78, 5) is 22.8. The summed E-state index contributed by atoms with van der Waals surface area (Å²) in [5.74, 6) is -1.13. The summed E-state index contributed by atoms with van der Waals surface area (Å²) in [5, 5.41) is 15.0. The van der Waals surface area contributed by atoms with Crippen molar-refractivity contribution in [1.82, 2.24) is 5.32 Å². The first-order valence-electron chi connectivity index (χ1n) is 6.58. The fourth-order valence-corrected chi connectivity index (χ4v) is 1.70. The molecule has 20 heavy (non-hydrogen) atoms. The van der Waals surface area contributed by atoms with Gasteiger partial charge in [0.1, 0.15) is 0 Å². The van der Waals surface area contributed by atoms with Crippen molar-refractivity contribution in [2.24, 2.45) is 0 Å². The molecule has 1 aromatic rings. The second-order valence-corrected chi connectivity index (χ2v) is 5.81. The van der Waals surface area contributed by atoms with Gasteiger partial charge < -0.3 is 15.7 Å². The molecule has 0 saturated carbocycles. The lowest BCUT2D eigenvalue weighted by Crippen LogP contribution is -2.37. The number of aromatic carboxylic acids is 1. The fraction of sp³-hybridized carbons (Fsp3) is 0.467. The third-order valence-corrected chi connectivity index (χ3v) is 2.76. The van der Waals surface area contributed by atoms with Crippen molar-refractivity contribution < 1.29 is 14.7 Å². The number of rotatable bonds is 5. The Morgan fingerprint density at radius 2 is 1.90 bits per heavy atom. The van der Waals surface area contributed by atoms with E-state index in [-0.39, 0.29) is 17.0 Å². The second kappa shape index (κ2) is 6.52. The summed E-state index contributed by atoms with van der Waals surface area (Å²) in [7, 11) is 0. The third kappa shape index (κ3) is 5.40. The van der Waals surface area contributed by atoms with Gasteiger partial charge in [0.05, 0.1) is 5.56 Å². The zero-order chi connectivity index (χ0) is 15.3. The highest BCUT2D eigenvalue weighted by molar-refractivity contribution is 5.94. The number of amides is 1. The molecule has 0 aliphatic carbocycles. The largest absolute Gasteiger partial charge is 0.478 e. The number of benzene rings is 1. The van der Waals surface area contributed by atoms with Crippen molar-refractivity contribution in [2.75, 3.05) is 11.9 Å². The maximum atomic E-state index is 11.8. The van der Waals surface area contributed by atoms with Gasteiger partial charge in [-0.1, -0.05) is 6.07 Å². The molecule has 0 aliphatic rings. The molecule has 1 rings (SSSR count). The number of carboxylic acid groups (broad SMARTS) is 1.